The smallest absolute Gasteiger partial charge is 0.319 e. The summed E-state index contributed by atoms with van der Waals surface area (Å²) in [6, 6.07) is 4.87. The van der Waals surface area contributed by atoms with Crippen LogP contribution >= 0.6 is 11.6 Å². The highest BCUT2D eigenvalue weighted by atomic mass is 35.5. The van der Waals surface area contributed by atoms with Gasteiger partial charge in [-0.05, 0) is 25.0 Å². The molecule has 0 aliphatic rings. The van der Waals surface area contributed by atoms with Crippen LogP contribution in [-0.4, -0.2) is 16.2 Å². The summed E-state index contributed by atoms with van der Waals surface area (Å²) in [6.45, 7) is 4.49. The third kappa shape index (κ3) is 4.21. The van der Waals surface area contributed by atoms with Crippen molar-refractivity contribution < 1.29 is 9.32 Å². The second-order valence-electron chi connectivity index (χ2n) is 4.88. The number of nitrogens with zero attached hydrogens (tertiary/aromatic N) is 2. The summed E-state index contributed by atoms with van der Waals surface area (Å²) in [5.74, 6) is 1.01. The molecule has 22 heavy (non-hydrogen) atoms. The van der Waals surface area contributed by atoms with E-state index in [1.165, 1.54) is 0 Å². The predicted octanol–water partition coefficient (Wildman–Crippen LogP) is 3.95. The van der Waals surface area contributed by atoms with Crippen LogP contribution in [0.5, 0.6) is 0 Å². The Balaban J connectivity index is 1.88. The average Bonchev–Trinajstić information content (AvgIpc) is 2.98. The lowest BCUT2D eigenvalue weighted by Crippen LogP contribution is -2.28. The van der Waals surface area contributed by atoms with Gasteiger partial charge in [0.05, 0.1) is 17.9 Å². The van der Waals surface area contributed by atoms with Gasteiger partial charge in [-0.3, -0.25) is 0 Å². The van der Waals surface area contributed by atoms with Crippen LogP contribution in [0, 0.1) is 0 Å². The lowest BCUT2D eigenvalue weighted by molar-refractivity contribution is 0.250. The van der Waals surface area contributed by atoms with E-state index in [0.29, 0.717) is 17.4 Å². The van der Waals surface area contributed by atoms with Crippen molar-refractivity contribution in [2.45, 2.75) is 39.2 Å². The number of hydrogen-bond donors (Lipinski definition) is 2. The Labute approximate surface area is 134 Å². The van der Waals surface area contributed by atoms with Gasteiger partial charge in [0.1, 0.15) is 0 Å². The monoisotopic (exact) mass is 322 g/mol. The van der Waals surface area contributed by atoms with Crippen LogP contribution in [0.15, 0.2) is 28.9 Å². The van der Waals surface area contributed by atoms with Gasteiger partial charge in [-0.2, -0.15) is 0 Å². The Morgan fingerprint density at radius 2 is 2.18 bits per heavy atom. The third-order valence-corrected chi connectivity index (χ3v) is 3.71. The molecule has 0 fully saturated rings. The Hall–Kier alpha value is -2.08. The largest absolute Gasteiger partial charge is 0.359 e. The highest BCUT2D eigenvalue weighted by Crippen LogP contribution is 2.22. The van der Waals surface area contributed by atoms with Gasteiger partial charge in [-0.1, -0.05) is 30.6 Å². The second kappa shape index (κ2) is 7.79. The van der Waals surface area contributed by atoms with Crippen LogP contribution in [0.3, 0.4) is 0 Å². The number of pyridine rings is 1. The highest BCUT2D eigenvalue weighted by Gasteiger charge is 2.13. The summed E-state index contributed by atoms with van der Waals surface area (Å²) in [5, 5.41) is 9.62. The van der Waals surface area contributed by atoms with Crippen molar-refractivity contribution in [1.29, 1.82) is 0 Å². The molecule has 0 saturated heterocycles. The molecule has 0 radical (unpaired) electrons. The minimum absolute atomic E-state index is 0.244. The van der Waals surface area contributed by atoms with Crippen molar-refractivity contribution >= 4 is 23.3 Å². The summed E-state index contributed by atoms with van der Waals surface area (Å²) in [5.41, 5.74) is 1.38. The number of urea groups is 1. The Morgan fingerprint density at radius 3 is 2.86 bits per heavy atom. The standard InChI is InChI=1S/C15H19ClN4O2/c1-3-10(4-2)13-8-11(22-20-13)9-18-15(21)19-12-6-5-7-17-14(12)16/h5-8,10H,3-4,9H2,1-2H3,(H2,18,19,21). The van der Waals surface area contributed by atoms with Crippen molar-refractivity contribution in [2.24, 2.45) is 0 Å². The van der Waals surface area contributed by atoms with E-state index in [1.54, 1.807) is 18.3 Å². The number of carbonyl (C=O) groups excluding carboxylic acids is 1. The van der Waals surface area contributed by atoms with Crippen molar-refractivity contribution in [1.82, 2.24) is 15.5 Å². The van der Waals surface area contributed by atoms with Crippen LogP contribution in [0.25, 0.3) is 0 Å². The van der Waals surface area contributed by atoms with E-state index in [2.05, 4.69) is 34.6 Å². The van der Waals surface area contributed by atoms with Gasteiger partial charge in [0.2, 0.25) is 0 Å². The molecule has 0 aliphatic carbocycles. The number of nitrogens with one attached hydrogen (secondary N) is 2. The summed E-state index contributed by atoms with van der Waals surface area (Å²) in [4.78, 5) is 15.7. The first-order valence-electron chi connectivity index (χ1n) is 7.24. The van der Waals surface area contributed by atoms with Gasteiger partial charge in [0, 0.05) is 18.2 Å². The normalized spacial score (nSPS) is 10.7. The fourth-order valence-electron chi connectivity index (χ4n) is 2.12. The van der Waals surface area contributed by atoms with E-state index in [1.807, 2.05) is 6.07 Å². The van der Waals surface area contributed by atoms with Gasteiger partial charge in [0.15, 0.2) is 10.9 Å². The number of carbonyl (C=O) groups is 1. The van der Waals surface area contributed by atoms with E-state index in [4.69, 9.17) is 16.1 Å². The molecule has 0 aliphatic heterocycles. The molecular weight excluding hydrogens is 304 g/mol. The molecule has 0 atom stereocenters. The van der Waals surface area contributed by atoms with Crippen LogP contribution in [0.1, 0.15) is 44.1 Å². The summed E-state index contributed by atoms with van der Waals surface area (Å²) < 4.78 is 5.24. The molecule has 2 aromatic heterocycles. The van der Waals surface area contributed by atoms with Gasteiger partial charge in [0.25, 0.3) is 0 Å². The molecule has 0 bridgehead atoms. The van der Waals surface area contributed by atoms with Crippen molar-refractivity contribution in [2.75, 3.05) is 5.32 Å². The number of hydrogen-bond acceptors (Lipinski definition) is 4. The molecular formula is C15H19ClN4O2. The van der Waals surface area contributed by atoms with Crippen molar-refractivity contribution in [3.8, 4) is 0 Å². The lowest BCUT2D eigenvalue weighted by Gasteiger charge is -2.07. The van der Waals surface area contributed by atoms with Gasteiger partial charge in [-0.15, -0.1) is 0 Å². The van der Waals surface area contributed by atoms with Gasteiger partial charge >= 0.3 is 6.03 Å². The molecule has 0 spiro atoms. The summed E-state index contributed by atoms with van der Waals surface area (Å²) in [7, 11) is 0. The highest BCUT2D eigenvalue weighted by molar-refractivity contribution is 6.32. The molecule has 2 heterocycles. The van der Waals surface area contributed by atoms with Crippen LogP contribution in [-0.2, 0) is 6.54 Å². The van der Waals surface area contributed by atoms with Crippen molar-refractivity contribution in [3.63, 3.8) is 0 Å². The van der Waals surface area contributed by atoms with Crippen LogP contribution in [0.2, 0.25) is 5.15 Å². The maximum Gasteiger partial charge on any atom is 0.319 e. The third-order valence-electron chi connectivity index (χ3n) is 3.41. The maximum atomic E-state index is 11.8. The zero-order valence-electron chi connectivity index (χ0n) is 12.6. The van der Waals surface area contributed by atoms with Gasteiger partial charge < -0.3 is 15.2 Å². The zero-order valence-corrected chi connectivity index (χ0v) is 13.4. The lowest BCUT2D eigenvalue weighted by atomic mass is 9.99. The van der Waals surface area contributed by atoms with E-state index >= 15 is 0 Å². The summed E-state index contributed by atoms with van der Waals surface area (Å²) in [6.07, 6.45) is 3.57. The number of halogens is 1. The average molecular weight is 323 g/mol. The zero-order chi connectivity index (χ0) is 15.9. The van der Waals surface area contributed by atoms with Crippen LogP contribution < -0.4 is 10.6 Å². The SMILES string of the molecule is CCC(CC)c1cc(CNC(=O)Nc2cccnc2Cl)on1. The number of amides is 2. The fourth-order valence-corrected chi connectivity index (χ4v) is 2.29. The number of aromatic nitrogens is 2. The first-order chi connectivity index (χ1) is 10.6. The minimum Gasteiger partial charge on any atom is -0.359 e. The fraction of sp³-hybridized carbons (Fsp3) is 0.400. The van der Waals surface area contributed by atoms with E-state index in [-0.39, 0.29) is 17.7 Å². The molecule has 2 rings (SSSR count). The first-order valence-corrected chi connectivity index (χ1v) is 7.62. The molecule has 2 aromatic rings. The maximum absolute atomic E-state index is 11.8. The topological polar surface area (TPSA) is 80.0 Å². The Morgan fingerprint density at radius 1 is 1.41 bits per heavy atom. The van der Waals surface area contributed by atoms with Crippen molar-refractivity contribution in [3.05, 3.63) is 41.0 Å². The second-order valence-corrected chi connectivity index (χ2v) is 5.24. The molecule has 0 saturated carbocycles. The molecule has 0 unspecified atom stereocenters. The Bertz CT molecular complexity index is 626. The van der Waals surface area contributed by atoms with Gasteiger partial charge in [-0.25, -0.2) is 9.78 Å². The van der Waals surface area contributed by atoms with E-state index in [9.17, 15) is 4.79 Å². The molecule has 6 nitrogen and oxygen atoms in total. The number of anilines is 1. The molecule has 2 N–H and O–H groups in total. The van der Waals surface area contributed by atoms with E-state index < -0.39 is 0 Å². The Kier molecular flexibility index (Phi) is 5.77. The predicted molar refractivity (Wildman–Crippen MR) is 84.9 cm³/mol. The minimum atomic E-state index is -0.379. The number of rotatable bonds is 6. The quantitative estimate of drug-likeness (QED) is 0.789. The van der Waals surface area contributed by atoms with Crippen LogP contribution in [0.4, 0.5) is 10.5 Å². The first kappa shape index (κ1) is 16.3. The molecule has 0 aromatic carbocycles. The molecule has 118 valence electrons. The molecule has 7 heteroatoms. The van der Waals surface area contributed by atoms with E-state index in [0.717, 1.165) is 18.5 Å². The summed E-state index contributed by atoms with van der Waals surface area (Å²) >= 11 is 5.87. The molecule has 2 amide bonds.